The number of carbonyl (C=O) groups excluding carboxylic acids is 2. The van der Waals surface area contributed by atoms with Gasteiger partial charge in [0.2, 0.25) is 0 Å². The van der Waals surface area contributed by atoms with Gasteiger partial charge < -0.3 is 9.47 Å². The third-order valence-electron chi connectivity index (χ3n) is 6.60. The molecular formula is C22H40O4. The van der Waals surface area contributed by atoms with Gasteiger partial charge in [-0.3, -0.25) is 9.59 Å². The highest BCUT2D eigenvalue weighted by molar-refractivity contribution is 5.75. The van der Waals surface area contributed by atoms with Crippen molar-refractivity contribution in [2.24, 2.45) is 35.5 Å². The van der Waals surface area contributed by atoms with E-state index in [4.69, 9.17) is 9.47 Å². The molecular weight excluding hydrogens is 328 g/mol. The number of hydrogen-bond acceptors (Lipinski definition) is 4. The van der Waals surface area contributed by atoms with Crippen molar-refractivity contribution < 1.29 is 19.1 Å². The van der Waals surface area contributed by atoms with Gasteiger partial charge in [0, 0.05) is 0 Å². The maximum Gasteiger partial charge on any atom is 0.308 e. The molecule has 4 nitrogen and oxygen atoms in total. The molecule has 4 heteroatoms. The molecule has 4 atom stereocenters. The van der Waals surface area contributed by atoms with Crippen molar-refractivity contribution in [1.29, 1.82) is 0 Å². The summed E-state index contributed by atoms with van der Waals surface area (Å²) in [6.45, 7) is 14.0. The van der Waals surface area contributed by atoms with Gasteiger partial charge in [-0.25, -0.2) is 0 Å². The summed E-state index contributed by atoms with van der Waals surface area (Å²) >= 11 is 0. The Balaban J connectivity index is 2.30. The van der Waals surface area contributed by atoms with Gasteiger partial charge >= 0.3 is 11.9 Å². The van der Waals surface area contributed by atoms with Gasteiger partial charge in [-0.1, -0.05) is 54.4 Å². The molecule has 1 rings (SSSR count). The van der Waals surface area contributed by atoms with Crippen LogP contribution in [0.1, 0.15) is 80.1 Å². The molecule has 0 aromatic heterocycles. The lowest BCUT2D eigenvalue weighted by atomic mass is 9.82. The van der Waals surface area contributed by atoms with E-state index >= 15 is 0 Å². The highest BCUT2D eigenvalue weighted by Crippen LogP contribution is 2.31. The van der Waals surface area contributed by atoms with Crippen LogP contribution in [0.3, 0.4) is 0 Å². The van der Waals surface area contributed by atoms with E-state index in [9.17, 15) is 9.59 Å². The number of carbonyl (C=O) groups is 2. The predicted molar refractivity (Wildman–Crippen MR) is 105 cm³/mol. The van der Waals surface area contributed by atoms with Crippen molar-refractivity contribution >= 4 is 11.9 Å². The van der Waals surface area contributed by atoms with Crippen LogP contribution in [0.2, 0.25) is 0 Å². The van der Waals surface area contributed by atoms with Crippen molar-refractivity contribution in [3.63, 3.8) is 0 Å². The van der Waals surface area contributed by atoms with Crippen LogP contribution in [0, 0.1) is 35.5 Å². The SMILES string of the molecule is CCC(C)C(C)COC(=O)C1CCC(C(=O)OCC(C)C(C)CC)CC1. The molecule has 0 saturated heterocycles. The zero-order valence-corrected chi connectivity index (χ0v) is 17.8. The summed E-state index contributed by atoms with van der Waals surface area (Å²) in [6.07, 6.45) is 5.13. The first-order chi connectivity index (χ1) is 12.3. The molecule has 0 spiro atoms. The fourth-order valence-corrected chi connectivity index (χ4v) is 3.36. The molecule has 0 aromatic carbocycles. The molecule has 4 unspecified atom stereocenters. The standard InChI is InChI=1S/C22H40O4/c1-7-15(3)17(5)13-25-21(23)19-9-11-20(12-10-19)22(24)26-14-18(6)16(4)8-2/h15-20H,7-14H2,1-6H3. The Morgan fingerprint density at radius 3 is 1.27 bits per heavy atom. The van der Waals surface area contributed by atoms with Crippen LogP contribution in [0.25, 0.3) is 0 Å². The molecule has 1 fully saturated rings. The second-order valence-corrected chi connectivity index (χ2v) is 8.53. The van der Waals surface area contributed by atoms with Crippen molar-refractivity contribution in [3.05, 3.63) is 0 Å². The molecule has 26 heavy (non-hydrogen) atoms. The third kappa shape index (κ3) is 7.28. The van der Waals surface area contributed by atoms with Gasteiger partial charge in [-0.15, -0.1) is 0 Å². The molecule has 0 aliphatic heterocycles. The molecule has 0 radical (unpaired) electrons. The smallest absolute Gasteiger partial charge is 0.308 e. The minimum absolute atomic E-state index is 0.0535. The topological polar surface area (TPSA) is 52.6 Å². The Kier molecular flexibility index (Phi) is 10.3. The minimum Gasteiger partial charge on any atom is -0.465 e. The lowest BCUT2D eigenvalue weighted by Crippen LogP contribution is -2.30. The highest BCUT2D eigenvalue weighted by Gasteiger charge is 2.32. The Labute approximate surface area is 160 Å². The van der Waals surface area contributed by atoms with Gasteiger partial charge in [0.05, 0.1) is 25.0 Å². The van der Waals surface area contributed by atoms with E-state index in [1.54, 1.807) is 0 Å². The summed E-state index contributed by atoms with van der Waals surface area (Å²) in [7, 11) is 0. The molecule has 0 N–H and O–H groups in total. The van der Waals surface area contributed by atoms with Crippen LogP contribution in [0.15, 0.2) is 0 Å². The number of ether oxygens (including phenoxy) is 2. The molecule has 0 bridgehead atoms. The zero-order chi connectivity index (χ0) is 19.7. The Morgan fingerprint density at radius 2 is 1.00 bits per heavy atom. The van der Waals surface area contributed by atoms with Gasteiger partial charge in [0.25, 0.3) is 0 Å². The molecule has 0 aromatic rings. The molecule has 1 saturated carbocycles. The van der Waals surface area contributed by atoms with Crippen LogP contribution in [0.5, 0.6) is 0 Å². The minimum atomic E-state index is -0.0858. The number of esters is 2. The first kappa shape index (κ1) is 23.0. The number of rotatable bonds is 10. The largest absolute Gasteiger partial charge is 0.465 e. The van der Waals surface area contributed by atoms with Crippen molar-refractivity contribution in [1.82, 2.24) is 0 Å². The summed E-state index contributed by atoms with van der Waals surface area (Å²) in [6, 6.07) is 0. The maximum absolute atomic E-state index is 12.3. The fraction of sp³-hybridized carbons (Fsp3) is 0.909. The average molecular weight is 369 g/mol. The average Bonchev–Trinajstić information content (AvgIpc) is 2.68. The van der Waals surface area contributed by atoms with E-state index in [2.05, 4.69) is 41.5 Å². The third-order valence-corrected chi connectivity index (χ3v) is 6.60. The van der Waals surface area contributed by atoms with Gasteiger partial charge in [0.1, 0.15) is 0 Å². The summed E-state index contributed by atoms with van der Waals surface area (Å²) in [5.74, 6) is 1.63. The zero-order valence-electron chi connectivity index (χ0n) is 17.8. The van der Waals surface area contributed by atoms with Crippen molar-refractivity contribution in [3.8, 4) is 0 Å². The monoisotopic (exact) mass is 368 g/mol. The van der Waals surface area contributed by atoms with Crippen molar-refractivity contribution in [2.75, 3.05) is 13.2 Å². The predicted octanol–water partition coefficient (Wildman–Crippen LogP) is 5.24. The maximum atomic E-state index is 12.3. The van der Waals surface area contributed by atoms with Crippen LogP contribution >= 0.6 is 0 Å². The Morgan fingerprint density at radius 1 is 0.692 bits per heavy atom. The fourth-order valence-electron chi connectivity index (χ4n) is 3.36. The number of hydrogen-bond donors (Lipinski definition) is 0. The van der Waals surface area contributed by atoms with E-state index in [1.807, 2.05) is 0 Å². The van der Waals surface area contributed by atoms with E-state index in [0.29, 0.717) is 36.9 Å². The first-order valence-corrected chi connectivity index (χ1v) is 10.6. The summed E-state index contributed by atoms with van der Waals surface area (Å²) in [4.78, 5) is 24.5. The second kappa shape index (κ2) is 11.6. The lowest BCUT2D eigenvalue weighted by molar-refractivity contribution is -0.157. The van der Waals surface area contributed by atoms with Gasteiger partial charge in [-0.2, -0.15) is 0 Å². The van der Waals surface area contributed by atoms with E-state index < -0.39 is 0 Å². The first-order valence-electron chi connectivity index (χ1n) is 10.6. The lowest BCUT2D eigenvalue weighted by Gasteiger charge is -2.27. The van der Waals surface area contributed by atoms with E-state index in [1.165, 1.54) is 0 Å². The van der Waals surface area contributed by atoms with E-state index in [-0.39, 0.29) is 23.8 Å². The van der Waals surface area contributed by atoms with Crippen LogP contribution in [-0.4, -0.2) is 25.2 Å². The molecule has 1 aliphatic rings. The summed E-state index contributed by atoms with van der Waals surface area (Å²) in [5, 5.41) is 0. The van der Waals surface area contributed by atoms with Crippen molar-refractivity contribution in [2.45, 2.75) is 80.1 Å². The van der Waals surface area contributed by atoms with Gasteiger partial charge in [-0.05, 0) is 49.4 Å². The van der Waals surface area contributed by atoms with Crippen LogP contribution in [-0.2, 0) is 19.1 Å². The molecule has 0 heterocycles. The Hall–Kier alpha value is -1.06. The summed E-state index contributed by atoms with van der Waals surface area (Å²) < 4.78 is 11.0. The second-order valence-electron chi connectivity index (χ2n) is 8.53. The van der Waals surface area contributed by atoms with Crippen LogP contribution in [0.4, 0.5) is 0 Å². The van der Waals surface area contributed by atoms with Crippen LogP contribution < -0.4 is 0 Å². The molecule has 1 aliphatic carbocycles. The quantitative estimate of drug-likeness (QED) is 0.495. The highest BCUT2D eigenvalue weighted by atomic mass is 16.5. The molecule has 152 valence electrons. The summed E-state index contributed by atoms with van der Waals surface area (Å²) in [5.41, 5.74) is 0. The Bertz CT molecular complexity index is 386. The van der Waals surface area contributed by atoms with Gasteiger partial charge in [0.15, 0.2) is 0 Å². The molecule has 0 amide bonds. The normalized spacial score (nSPS) is 25.0. The van der Waals surface area contributed by atoms with E-state index in [0.717, 1.165) is 38.5 Å².